The Morgan fingerprint density at radius 3 is 2.48 bits per heavy atom. The van der Waals surface area contributed by atoms with Gasteiger partial charge in [0, 0.05) is 25.2 Å². The van der Waals surface area contributed by atoms with Gasteiger partial charge in [0.25, 0.3) is 0 Å². The van der Waals surface area contributed by atoms with Crippen LogP contribution in [0.4, 0.5) is 17.1 Å². The monoisotopic (exact) mass is 433 g/mol. The molecule has 0 saturated carbocycles. The Hall–Kier alpha value is -2.58. The summed E-state index contributed by atoms with van der Waals surface area (Å²) in [5.74, 6) is -0.733. The summed E-state index contributed by atoms with van der Waals surface area (Å²) >= 11 is 6.17. The van der Waals surface area contributed by atoms with E-state index in [1.807, 2.05) is 0 Å². The maximum atomic E-state index is 12.6. The normalized spacial score (nSPS) is 20.9. The molecule has 2 aliphatic heterocycles. The third-order valence-corrected chi connectivity index (χ3v) is 7.35. The summed E-state index contributed by atoms with van der Waals surface area (Å²) in [6, 6.07) is 13.7. The van der Waals surface area contributed by atoms with Crippen LogP contribution in [-0.4, -0.2) is 39.1 Å². The fourth-order valence-electron chi connectivity index (χ4n) is 3.67. The summed E-state index contributed by atoms with van der Waals surface area (Å²) in [6.45, 7) is 0.731. The molecule has 4 rings (SSSR count). The average Bonchev–Trinajstić information content (AvgIpc) is 3.25. The smallest absolute Gasteiger partial charge is 0.235 e. The Kier molecular flexibility index (Phi) is 5.23. The molecule has 0 aromatic heterocycles. The first kappa shape index (κ1) is 19.7. The fourth-order valence-corrected chi connectivity index (χ4v) is 5.47. The van der Waals surface area contributed by atoms with E-state index in [1.54, 1.807) is 48.5 Å². The number of amides is 2. The van der Waals surface area contributed by atoms with Crippen LogP contribution in [0.1, 0.15) is 12.8 Å². The summed E-state index contributed by atoms with van der Waals surface area (Å²) in [5, 5.41) is 3.28. The molecule has 0 radical (unpaired) electrons. The van der Waals surface area contributed by atoms with Crippen molar-refractivity contribution in [2.24, 2.45) is 5.92 Å². The van der Waals surface area contributed by atoms with Gasteiger partial charge in [0.2, 0.25) is 21.8 Å². The Bertz CT molecular complexity index is 1060. The van der Waals surface area contributed by atoms with Gasteiger partial charge in [-0.1, -0.05) is 23.7 Å². The van der Waals surface area contributed by atoms with Crippen molar-refractivity contribution in [3.8, 4) is 0 Å². The first-order chi connectivity index (χ1) is 13.8. The van der Waals surface area contributed by atoms with Crippen molar-refractivity contribution in [2.75, 3.05) is 33.4 Å². The molecular weight excluding hydrogens is 414 g/mol. The minimum Gasteiger partial charge on any atom is -0.326 e. The van der Waals surface area contributed by atoms with Crippen molar-refractivity contribution < 1.29 is 18.0 Å². The van der Waals surface area contributed by atoms with Crippen LogP contribution in [0.3, 0.4) is 0 Å². The Morgan fingerprint density at radius 1 is 1.10 bits per heavy atom. The first-order valence-electron chi connectivity index (χ1n) is 9.31. The lowest BCUT2D eigenvalue weighted by Crippen LogP contribution is -2.28. The van der Waals surface area contributed by atoms with Crippen molar-refractivity contribution in [1.29, 1.82) is 0 Å². The van der Waals surface area contributed by atoms with Crippen molar-refractivity contribution in [3.63, 3.8) is 0 Å². The number of halogens is 1. The van der Waals surface area contributed by atoms with Gasteiger partial charge in [-0.2, -0.15) is 0 Å². The van der Waals surface area contributed by atoms with E-state index in [4.69, 9.17) is 11.6 Å². The number of nitrogens with zero attached hydrogens (tertiary/aromatic N) is 2. The van der Waals surface area contributed by atoms with E-state index in [-0.39, 0.29) is 30.5 Å². The summed E-state index contributed by atoms with van der Waals surface area (Å²) in [5.41, 5.74) is 1.74. The molecule has 0 spiro atoms. The Labute approximate surface area is 174 Å². The summed E-state index contributed by atoms with van der Waals surface area (Å²) in [7, 11) is -3.24. The van der Waals surface area contributed by atoms with Gasteiger partial charge in [-0.05, 0) is 42.8 Å². The second-order valence-corrected chi connectivity index (χ2v) is 9.55. The summed E-state index contributed by atoms with van der Waals surface area (Å²) < 4.78 is 25.4. The molecule has 9 heteroatoms. The van der Waals surface area contributed by atoms with Gasteiger partial charge in [-0.25, -0.2) is 8.42 Å². The van der Waals surface area contributed by atoms with Crippen molar-refractivity contribution in [2.45, 2.75) is 12.8 Å². The van der Waals surface area contributed by atoms with E-state index in [0.717, 1.165) is 0 Å². The highest BCUT2D eigenvalue weighted by Gasteiger charge is 2.36. The maximum Gasteiger partial charge on any atom is 0.235 e. The number of rotatable bonds is 4. The quantitative estimate of drug-likeness (QED) is 0.803. The number of nitrogens with one attached hydrogen (secondary N) is 1. The van der Waals surface area contributed by atoms with Crippen LogP contribution < -0.4 is 14.5 Å². The largest absolute Gasteiger partial charge is 0.326 e. The standard InChI is InChI=1S/C20H20ClN3O4S/c21-17-4-1-2-5-18(17)23-13-14(12-19(23)25)20(26)22-15-6-8-16(9-7-15)24-10-3-11-29(24,27)28/h1-2,4-9,14H,3,10-13H2,(H,22,26). The van der Waals surface area contributed by atoms with Crippen molar-refractivity contribution >= 4 is 50.5 Å². The van der Waals surface area contributed by atoms with E-state index in [0.29, 0.717) is 35.1 Å². The van der Waals surface area contributed by atoms with Gasteiger partial charge in [0.15, 0.2) is 0 Å². The predicted octanol–water partition coefficient (Wildman–Crippen LogP) is 2.87. The highest BCUT2D eigenvalue weighted by atomic mass is 35.5. The van der Waals surface area contributed by atoms with E-state index in [2.05, 4.69) is 5.32 Å². The molecule has 0 aliphatic carbocycles. The zero-order valence-corrected chi connectivity index (χ0v) is 17.1. The molecule has 2 aromatic carbocycles. The second kappa shape index (κ2) is 7.68. The molecule has 1 atom stereocenters. The van der Waals surface area contributed by atoms with Crippen LogP contribution in [0, 0.1) is 5.92 Å². The van der Waals surface area contributed by atoms with Crippen LogP contribution in [0.5, 0.6) is 0 Å². The summed E-state index contributed by atoms with van der Waals surface area (Å²) in [6.07, 6.45) is 0.722. The third-order valence-electron chi connectivity index (χ3n) is 5.16. The lowest BCUT2D eigenvalue weighted by Gasteiger charge is -2.18. The molecular formula is C20H20ClN3O4S. The Morgan fingerprint density at radius 2 is 1.83 bits per heavy atom. The van der Waals surface area contributed by atoms with E-state index in [1.165, 1.54) is 9.21 Å². The third kappa shape index (κ3) is 3.95. The number of carbonyl (C=O) groups excluding carboxylic acids is 2. The average molecular weight is 434 g/mol. The van der Waals surface area contributed by atoms with Gasteiger partial charge in [0.1, 0.15) is 0 Å². The van der Waals surface area contributed by atoms with Crippen LogP contribution >= 0.6 is 11.6 Å². The van der Waals surface area contributed by atoms with Gasteiger partial charge < -0.3 is 10.2 Å². The molecule has 2 heterocycles. The lowest BCUT2D eigenvalue weighted by molar-refractivity contribution is -0.122. The van der Waals surface area contributed by atoms with E-state index in [9.17, 15) is 18.0 Å². The number of benzene rings is 2. The SMILES string of the molecule is O=C(Nc1ccc(N2CCCS2(=O)=O)cc1)C1CC(=O)N(c2ccccc2Cl)C1. The lowest BCUT2D eigenvalue weighted by atomic mass is 10.1. The highest BCUT2D eigenvalue weighted by molar-refractivity contribution is 7.93. The van der Waals surface area contributed by atoms with Gasteiger partial charge in [-0.3, -0.25) is 13.9 Å². The number of carbonyl (C=O) groups is 2. The van der Waals surface area contributed by atoms with Crippen LogP contribution in [0.25, 0.3) is 0 Å². The number of hydrogen-bond donors (Lipinski definition) is 1. The molecule has 2 amide bonds. The van der Waals surface area contributed by atoms with Crippen LogP contribution in [-0.2, 0) is 19.6 Å². The molecule has 2 aliphatic rings. The molecule has 29 heavy (non-hydrogen) atoms. The predicted molar refractivity (Wildman–Crippen MR) is 113 cm³/mol. The number of anilines is 3. The molecule has 0 bridgehead atoms. The number of para-hydroxylation sites is 1. The highest BCUT2D eigenvalue weighted by Crippen LogP contribution is 2.31. The molecule has 7 nitrogen and oxygen atoms in total. The minimum absolute atomic E-state index is 0.112. The van der Waals surface area contributed by atoms with Crippen molar-refractivity contribution in [1.82, 2.24) is 0 Å². The summed E-state index contributed by atoms with van der Waals surface area (Å²) in [4.78, 5) is 26.5. The van der Waals surface area contributed by atoms with Gasteiger partial charge in [-0.15, -0.1) is 0 Å². The molecule has 1 N–H and O–H groups in total. The van der Waals surface area contributed by atoms with E-state index < -0.39 is 15.9 Å². The van der Waals surface area contributed by atoms with Gasteiger partial charge in [0.05, 0.1) is 28.1 Å². The molecule has 2 saturated heterocycles. The first-order valence-corrected chi connectivity index (χ1v) is 11.3. The number of sulfonamides is 1. The second-order valence-electron chi connectivity index (χ2n) is 7.13. The maximum absolute atomic E-state index is 12.6. The molecule has 152 valence electrons. The minimum atomic E-state index is -3.24. The topological polar surface area (TPSA) is 86.8 Å². The molecule has 2 fully saturated rings. The fraction of sp³-hybridized carbons (Fsp3) is 0.300. The zero-order chi connectivity index (χ0) is 20.6. The van der Waals surface area contributed by atoms with E-state index >= 15 is 0 Å². The number of hydrogen-bond acceptors (Lipinski definition) is 4. The Balaban J connectivity index is 1.42. The van der Waals surface area contributed by atoms with Crippen LogP contribution in [0.2, 0.25) is 5.02 Å². The van der Waals surface area contributed by atoms with Crippen molar-refractivity contribution in [3.05, 3.63) is 53.6 Å². The molecule has 2 aromatic rings. The van der Waals surface area contributed by atoms with Gasteiger partial charge >= 0.3 is 0 Å². The van der Waals surface area contributed by atoms with Crippen LogP contribution in [0.15, 0.2) is 48.5 Å². The molecule has 1 unspecified atom stereocenters. The zero-order valence-electron chi connectivity index (χ0n) is 15.5.